The number of imide groups is 1. The van der Waals surface area contributed by atoms with Crippen molar-refractivity contribution in [2.24, 2.45) is 11.3 Å². The van der Waals surface area contributed by atoms with Crippen molar-refractivity contribution in [2.75, 3.05) is 95.9 Å². The van der Waals surface area contributed by atoms with Crippen LogP contribution in [0.3, 0.4) is 0 Å². The van der Waals surface area contributed by atoms with E-state index in [1.807, 2.05) is 24.3 Å². The Morgan fingerprint density at radius 2 is 1.67 bits per heavy atom. The molecule has 4 amide bonds. The molecule has 0 bridgehead atoms. The van der Waals surface area contributed by atoms with Crippen LogP contribution in [-0.4, -0.2) is 158 Å². The number of anilines is 2. The summed E-state index contributed by atoms with van der Waals surface area (Å²) >= 11 is 6.28. The number of hydrogen-bond donors (Lipinski definition) is 4. The van der Waals surface area contributed by atoms with Gasteiger partial charge in [-0.05, 0) is 181 Å². The second-order valence-electron chi connectivity index (χ2n) is 25.0. The van der Waals surface area contributed by atoms with Crippen LogP contribution < -0.4 is 29.7 Å². The van der Waals surface area contributed by atoms with Crippen molar-refractivity contribution in [3.8, 4) is 17.2 Å². The van der Waals surface area contributed by atoms with Gasteiger partial charge in [0.05, 0.1) is 34.7 Å². The van der Waals surface area contributed by atoms with Crippen LogP contribution >= 0.6 is 11.6 Å². The Balaban J connectivity index is 0.642. The molecule has 4 aromatic carbocycles. The zero-order valence-corrected chi connectivity index (χ0v) is 52.3. The lowest BCUT2D eigenvalue weighted by Gasteiger charge is -2.39. The number of allylic oxidation sites excluding steroid dienone is 1. The molecule has 1 atom stereocenters. The van der Waals surface area contributed by atoms with Crippen molar-refractivity contribution in [2.45, 2.75) is 95.5 Å². The van der Waals surface area contributed by atoms with Gasteiger partial charge in [-0.2, -0.15) is 0 Å². The molecule has 21 nitrogen and oxygen atoms in total. The number of pyridine rings is 1. The summed E-state index contributed by atoms with van der Waals surface area (Å²) in [6.45, 7) is 14.4. The summed E-state index contributed by atoms with van der Waals surface area (Å²) in [7, 11) is -2.51. The van der Waals surface area contributed by atoms with Crippen LogP contribution in [0, 0.1) is 21.4 Å². The number of nitro groups is 1. The third-order valence-electron chi connectivity index (χ3n) is 18.1. The van der Waals surface area contributed by atoms with Gasteiger partial charge in [-0.1, -0.05) is 49.2 Å². The number of piperazine rings is 1. The monoisotopic (exact) mass is 1250 g/mol. The minimum absolute atomic E-state index is 0.0498. The number of hydrogen-bond acceptors (Lipinski definition) is 16. The second-order valence-corrected chi connectivity index (χ2v) is 27.1. The SMILES string of the molecule is CN(CCCCOc1cccc2c1CN(C1CCC(=O)NC1=O)C2=O)CCCN1CCC(CNc2ccc(S(=O)(=O)NC(=O)c3ccc(N4CCN(CC5=C(c6ccc(Cl)cc6)CC(C)(C)CC5)CC4)cc3Oc3cnc4[nH]ccc4c3)cc2[N+](=O)[O-])CC1. The third kappa shape index (κ3) is 15.2. The highest BCUT2D eigenvalue weighted by Crippen LogP contribution is 2.44. The lowest BCUT2D eigenvalue weighted by Crippen LogP contribution is -2.52. The van der Waals surface area contributed by atoms with Gasteiger partial charge in [-0.3, -0.25) is 39.5 Å². The molecule has 3 fully saturated rings. The zero-order valence-electron chi connectivity index (χ0n) is 50.7. The zero-order chi connectivity index (χ0) is 62.4. The number of halogens is 1. The molecule has 6 heterocycles. The number of rotatable bonds is 24. The molecule has 6 aromatic rings. The van der Waals surface area contributed by atoms with Crippen LogP contribution in [0.4, 0.5) is 17.1 Å². The molecule has 1 unspecified atom stereocenters. The smallest absolute Gasteiger partial charge is 0.293 e. The van der Waals surface area contributed by atoms with E-state index in [9.17, 15) is 37.7 Å². The number of unbranched alkanes of at least 4 members (excludes halogenated alkanes) is 1. The molecule has 0 radical (unpaired) electrons. The highest BCUT2D eigenvalue weighted by molar-refractivity contribution is 7.90. The molecule has 11 rings (SSSR count). The second kappa shape index (κ2) is 27.5. The summed E-state index contributed by atoms with van der Waals surface area (Å²) in [5.74, 6) is -0.595. The van der Waals surface area contributed by atoms with Gasteiger partial charge in [0.15, 0.2) is 0 Å². The Bertz CT molecular complexity index is 3770. The highest BCUT2D eigenvalue weighted by atomic mass is 35.5. The summed E-state index contributed by atoms with van der Waals surface area (Å²) in [5.41, 5.74) is 6.76. The molecular formula is C66H78ClN11O10S. The molecule has 89 heavy (non-hydrogen) atoms. The van der Waals surface area contributed by atoms with Crippen LogP contribution in [0.5, 0.6) is 17.2 Å². The van der Waals surface area contributed by atoms with E-state index < -0.39 is 43.4 Å². The van der Waals surface area contributed by atoms with E-state index in [1.54, 1.807) is 42.6 Å². The number of nitrogens with zero attached hydrogens (tertiary/aromatic N) is 7. The van der Waals surface area contributed by atoms with Crippen molar-refractivity contribution in [3.05, 3.63) is 146 Å². The number of piperidine rings is 2. The fourth-order valence-corrected chi connectivity index (χ4v) is 14.0. The lowest BCUT2D eigenvalue weighted by molar-refractivity contribution is -0.384. The number of aromatic nitrogens is 2. The molecule has 0 saturated carbocycles. The Labute approximate surface area is 524 Å². The first-order valence-corrected chi connectivity index (χ1v) is 32.8. The molecule has 1 aliphatic carbocycles. The normalized spacial score (nSPS) is 18.6. The van der Waals surface area contributed by atoms with Gasteiger partial charge in [0.1, 0.15) is 34.6 Å². The Morgan fingerprint density at radius 3 is 2.45 bits per heavy atom. The first kappa shape index (κ1) is 62.7. The number of nitro benzene ring substituents is 1. The summed E-state index contributed by atoms with van der Waals surface area (Å²) < 4.78 is 42.7. The summed E-state index contributed by atoms with van der Waals surface area (Å²) in [5, 5.41) is 19.6. The van der Waals surface area contributed by atoms with Gasteiger partial charge >= 0.3 is 0 Å². The van der Waals surface area contributed by atoms with Crippen molar-refractivity contribution < 1.29 is 42.0 Å². The molecule has 2 aromatic heterocycles. The number of carbonyl (C=O) groups excluding carboxylic acids is 4. The molecule has 0 spiro atoms. The number of amides is 4. The van der Waals surface area contributed by atoms with E-state index in [0.717, 1.165) is 131 Å². The van der Waals surface area contributed by atoms with Crippen molar-refractivity contribution in [1.82, 2.24) is 39.6 Å². The van der Waals surface area contributed by atoms with Crippen LogP contribution in [0.25, 0.3) is 16.6 Å². The maximum Gasteiger partial charge on any atom is 0.293 e. The fraction of sp³-hybridized carbons (Fsp3) is 0.439. The van der Waals surface area contributed by atoms with Crippen LogP contribution in [0.1, 0.15) is 110 Å². The number of carbonyl (C=O) groups is 4. The van der Waals surface area contributed by atoms with Crippen LogP contribution in [-0.2, 0) is 26.2 Å². The number of likely N-dealkylation sites (tertiary alicyclic amines) is 1. The van der Waals surface area contributed by atoms with Gasteiger partial charge in [-0.15, -0.1) is 0 Å². The van der Waals surface area contributed by atoms with Gasteiger partial charge < -0.3 is 39.4 Å². The minimum atomic E-state index is -4.62. The highest BCUT2D eigenvalue weighted by Gasteiger charge is 2.40. The van der Waals surface area contributed by atoms with Gasteiger partial charge in [0.2, 0.25) is 11.8 Å². The standard InChI is InChI=1S/C66H78ClN11O10S/c1-66(2)24-20-47(54(39-66)45-10-12-48(67)13-11-45)42-75-31-33-76(34-32-75)49-14-16-53(60(37-49)88-50-36-46-21-25-68-62(46)70-41-50)63(80)72-89(85,86)51-15-17-56(58(38-51)78(83)84)69-40-44-22-29-74(30-23-44)28-7-27-73(3)26-4-5-35-87-59-9-6-8-52-55(59)43-77(65(52)82)57-18-19-61(79)71-64(57)81/h6,8-17,21,25,36-38,41,44,57,69H,4-5,7,18-20,22-24,26-35,39-40,42-43H2,1-3H3,(H,68,70)(H,72,80)(H,71,79,81). The minimum Gasteiger partial charge on any atom is -0.493 e. The topological polar surface area (TPSA) is 245 Å². The number of nitrogens with one attached hydrogen (secondary N) is 4. The van der Waals surface area contributed by atoms with E-state index in [0.29, 0.717) is 55.4 Å². The predicted molar refractivity (Wildman–Crippen MR) is 342 cm³/mol. The third-order valence-corrected chi connectivity index (χ3v) is 19.7. The summed E-state index contributed by atoms with van der Waals surface area (Å²) in [6, 6.07) is 25.2. The molecule has 23 heteroatoms. The van der Waals surface area contributed by atoms with Gasteiger partial charge in [-0.25, -0.2) is 18.1 Å². The fourth-order valence-electron chi connectivity index (χ4n) is 12.9. The average molecular weight is 1250 g/mol. The largest absolute Gasteiger partial charge is 0.493 e. The predicted octanol–water partition coefficient (Wildman–Crippen LogP) is 9.89. The summed E-state index contributed by atoms with van der Waals surface area (Å²) in [6.07, 6.45) is 11.5. The molecule has 3 saturated heterocycles. The molecule has 470 valence electrons. The molecule has 4 aliphatic heterocycles. The maximum absolute atomic E-state index is 14.2. The van der Waals surface area contributed by atoms with E-state index in [4.69, 9.17) is 21.1 Å². The van der Waals surface area contributed by atoms with Gasteiger partial charge in [0, 0.05) is 91.2 Å². The Morgan fingerprint density at radius 1 is 0.888 bits per heavy atom. The summed E-state index contributed by atoms with van der Waals surface area (Å²) in [4.78, 5) is 81.5. The number of aromatic amines is 1. The molecule has 4 N–H and O–H groups in total. The number of fused-ring (bicyclic) bond motifs is 2. The maximum atomic E-state index is 14.2. The Kier molecular flexibility index (Phi) is 19.4. The Hall–Kier alpha value is -7.89. The molecular weight excluding hydrogens is 1170 g/mol. The number of ether oxygens (including phenoxy) is 2. The van der Waals surface area contributed by atoms with E-state index in [1.165, 1.54) is 39.9 Å². The molecule has 5 aliphatic rings. The van der Waals surface area contributed by atoms with Crippen LogP contribution in [0.15, 0.2) is 114 Å². The van der Waals surface area contributed by atoms with Gasteiger partial charge in [0.25, 0.3) is 27.5 Å². The number of H-pyrrole nitrogens is 1. The van der Waals surface area contributed by atoms with Crippen molar-refractivity contribution in [3.63, 3.8) is 0 Å². The van der Waals surface area contributed by atoms with E-state index >= 15 is 0 Å². The lowest BCUT2D eigenvalue weighted by atomic mass is 9.72. The van der Waals surface area contributed by atoms with E-state index in [2.05, 4.69) is 78.0 Å². The average Bonchev–Trinajstić information content (AvgIpc) is 1.83. The van der Waals surface area contributed by atoms with Crippen molar-refractivity contribution >= 4 is 78.9 Å². The first-order chi connectivity index (χ1) is 42.8. The van der Waals surface area contributed by atoms with Crippen molar-refractivity contribution in [1.29, 1.82) is 0 Å². The number of benzene rings is 4. The first-order valence-electron chi connectivity index (χ1n) is 30.9. The van der Waals surface area contributed by atoms with Crippen LogP contribution in [0.2, 0.25) is 5.02 Å². The van der Waals surface area contributed by atoms with E-state index in [-0.39, 0.29) is 53.1 Å². The number of sulfonamides is 1. The quantitative estimate of drug-likeness (QED) is 0.0191.